The van der Waals surface area contributed by atoms with E-state index in [4.69, 9.17) is 0 Å². The molecule has 0 aliphatic rings. The summed E-state index contributed by atoms with van der Waals surface area (Å²) in [5.74, 6) is 0. The number of rotatable bonds is 2. The summed E-state index contributed by atoms with van der Waals surface area (Å²) in [6, 6.07) is 0. The smallest absolute Gasteiger partial charge is 0.371 e. The zero-order chi connectivity index (χ0) is 6.62. The monoisotopic (exact) mass is 134 g/mol. The standard InChI is InChI=1S/C4H7O3P/c1-4-7-8(3,5)6-2/h1H,2-3H3. The van der Waals surface area contributed by atoms with Crippen LogP contribution in [0.3, 0.4) is 0 Å². The van der Waals surface area contributed by atoms with E-state index in [2.05, 4.69) is 15.5 Å². The molecule has 0 saturated heterocycles. The highest BCUT2D eigenvalue weighted by Gasteiger charge is 2.12. The van der Waals surface area contributed by atoms with Crippen molar-refractivity contribution in [2.24, 2.45) is 0 Å². The molecule has 0 aromatic rings. The van der Waals surface area contributed by atoms with Crippen molar-refractivity contribution in [3.63, 3.8) is 0 Å². The Hall–Kier alpha value is -0.450. The summed E-state index contributed by atoms with van der Waals surface area (Å²) >= 11 is 0. The molecule has 0 spiro atoms. The fourth-order valence-corrected chi connectivity index (χ4v) is 0.399. The molecule has 0 radical (unpaired) electrons. The van der Waals surface area contributed by atoms with Gasteiger partial charge in [-0.25, -0.2) is 4.57 Å². The van der Waals surface area contributed by atoms with Gasteiger partial charge in [-0.05, 0) is 0 Å². The van der Waals surface area contributed by atoms with Crippen LogP contribution in [-0.2, 0) is 13.6 Å². The van der Waals surface area contributed by atoms with E-state index < -0.39 is 7.60 Å². The van der Waals surface area contributed by atoms with Crippen LogP contribution in [-0.4, -0.2) is 13.8 Å². The highest BCUT2D eigenvalue weighted by atomic mass is 31.2. The number of terminal acetylenes is 1. The first kappa shape index (κ1) is 7.55. The molecule has 0 bridgehead atoms. The van der Waals surface area contributed by atoms with Gasteiger partial charge in [0.2, 0.25) is 0 Å². The molecule has 0 amide bonds. The Kier molecular flexibility index (Phi) is 2.60. The summed E-state index contributed by atoms with van der Waals surface area (Å²) in [7, 11) is -1.63. The highest BCUT2D eigenvalue weighted by Crippen LogP contribution is 2.41. The van der Waals surface area contributed by atoms with E-state index in [-0.39, 0.29) is 0 Å². The molecule has 0 aliphatic carbocycles. The maximum Gasteiger partial charge on any atom is 0.384 e. The minimum absolute atomic E-state index is 1.28. The summed E-state index contributed by atoms with van der Waals surface area (Å²) in [5, 5.41) is 0. The van der Waals surface area contributed by atoms with Gasteiger partial charge in [0.1, 0.15) is 6.11 Å². The van der Waals surface area contributed by atoms with Gasteiger partial charge >= 0.3 is 7.60 Å². The number of hydrogen-bond donors (Lipinski definition) is 0. The van der Waals surface area contributed by atoms with Crippen molar-refractivity contribution in [2.75, 3.05) is 13.8 Å². The van der Waals surface area contributed by atoms with E-state index in [1.807, 2.05) is 0 Å². The molecule has 1 atom stereocenters. The average molecular weight is 134 g/mol. The minimum atomic E-state index is -2.91. The molecule has 8 heavy (non-hydrogen) atoms. The van der Waals surface area contributed by atoms with E-state index in [0.717, 1.165) is 0 Å². The maximum absolute atomic E-state index is 10.6. The van der Waals surface area contributed by atoms with Gasteiger partial charge in [-0.1, -0.05) is 6.42 Å². The first-order valence-corrected chi connectivity index (χ1v) is 3.89. The van der Waals surface area contributed by atoms with Crippen LogP contribution in [0, 0.1) is 12.5 Å². The molecule has 0 aliphatic heterocycles. The molecule has 0 heterocycles. The Morgan fingerprint density at radius 2 is 2.25 bits per heavy atom. The summed E-state index contributed by atoms with van der Waals surface area (Å²) in [6.07, 6.45) is 6.44. The van der Waals surface area contributed by atoms with Crippen LogP contribution < -0.4 is 0 Å². The topological polar surface area (TPSA) is 35.5 Å². The van der Waals surface area contributed by atoms with Crippen LogP contribution in [0.1, 0.15) is 0 Å². The second kappa shape index (κ2) is 2.76. The van der Waals surface area contributed by atoms with Gasteiger partial charge in [-0.2, -0.15) is 0 Å². The Morgan fingerprint density at radius 3 is 2.38 bits per heavy atom. The zero-order valence-electron chi connectivity index (χ0n) is 4.75. The van der Waals surface area contributed by atoms with Crippen molar-refractivity contribution in [3.8, 4) is 12.5 Å². The lowest BCUT2D eigenvalue weighted by molar-refractivity contribution is 0.316. The molecule has 0 fully saturated rings. The van der Waals surface area contributed by atoms with Gasteiger partial charge in [-0.3, -0.25) is 0 Å². The molecule has 0 rings (SSSR count). The molecule has 0 saturated carbocycles. The van der Waals surface area contributed by atoms with E-state index in [1.165, 1.54) is 13.8 Å². The molecule has 4 heteroatoms. The van der Waals surface area contributed by atoms with Crippen molar-refractivity contribution < 1.29 is 13.6 Å². The molecule has 3 nitrogen and oxygen atoms in total. The van der Waals surface area contributed by atoms with Crippen LogP contribution in [0.25, 0.3) is 0 Å². The second-order valence-electron chi connectivity index (χ2n) is 1.16. The number of hydrogen-bond acceptors (Lipinski definition) is 3. The third-order valence-corrected chi connectivity index (χ3v) is 1.65. The van der Waals surface area contributed by atoms with Crippen LogP contribution in [0.4, 0.5) is 0 Å². The van der Waals surface area contributed by atoms with Crippen molar-refractivity contribution in [3.05, 3.63) is 0 Å². The Balaban J connectivity index is 3.78. The van der Waals surface area contributed by atoms with Gasteiger partial charge in [0.25, 0.3) is 0 Å². The first-order chi connectivity index (χ1) is 3.62. The molecule has 46 valence electrons. The van der Waals surface area contributed by atoms with E-state index in [1.54, 1.807) is 6.11 Å². The molecule has 0 aromatic carbocycles. The predicted octanol–water partition coefficient (Wildman–Crippen LogP) is 1.06. The van der Waals surface area contributed by atoms with Crippen LogP contribution in [0.5, 0.6) is 0 Å². The van der Waals surface area contributed by atoms with Crippen molar-refractivity contribution in [2.45, 2.75) is 0 Å². The van der Waals surface area contributed by atoms with E-state index in [0.29, 0.717) is 0 Å². The fraction of sp³-hybridized carbons (Fsp3) is 0.500. The molecule has 0 aromatic heterocycles. The summed E-state index contributed by atoms with van der Waals surface area (Å²) in [4.78, 5) is 0. The Labute approximate surface area is 48.5 Å². The van der Waals surface area contributed by atoms with Gasteiger partial charge < -0.3 is 9.05 Å². The van der Waals surface area contributed by atoms with Gasteiger partial charge in [0.05, 0.1) is 6.66 Å². The lowest BCUT2D eigenvalue weighted by Gasteiger charge is -2.03. The Morgan fingerprint density at radius 1 is 1.75 bits per heavy atom. The van der Waals surface area contributed by atoms with E-state index >= 15 is 0 Å². The summed E-state index contributed by atoms with van der Waals surface area (Å²) in [5.41, 5.74) is 0. The normalized spacial score (nSPS) is 16.1. The maximum atomic E-state index is 10.6. The highest BCUT2D eigenvalue weighted by molar-refractivity contribution is 7.53. The van der Waals surface area contributed by atoms with Crippen molar-refractivity contribution >= 4 is 7.60 Å². The Bertz CT molecular complexity index is 146. The lowest BCUT2D eigenvalue weighted by Crippen LogP contribution is -1.82. The SMILES string of the molecule is C#COP(C)(=O)OC. The molecular formula is C4H7O3P. The fourth-order valence-electron chi connectivity index (χ4n) is 0.133. The first-order valence-electron chi connectivity index (χ1n) is 1.90. The summed E-state index contributed by atoms with van der Waals surface area (Å²) < 4.78 is 19.2. The van der Waals surface area contributed by atoms with Gasteiger partial charge in [0, 0.05) is 7.11 Å². The third kappa shape index (κ3) is 2.68. The largest absolute Gasteiger partial charge is 0.384 e. The molecule has 1 unspecified atom stereocenters. The van der Waals surface area contributed by atoms with Crippen LogP contribution in [0.2, 0.25) is 0 Å². The average Bonchev–Trinajstić information content (AvgIpc) is 1.67. The van der Waals surface area contributed by atoms with Crippen molar-refractivity contribution in [1.82, 2.24) is 0 Å². The van der Waals surface area contributed by atoms with Crippen LogP contribution >= 0.6 is 7.60 Å². The predicted molar refractivity (Wildman–Crippen MR) is 30.5 cm³/mol. The quantitative estimate of drug-likeness (QED) is 0.418. The van der Waals surface area contributed by atoms with Crippen LogP contribution in [0.15, 0.2) is 0 Å². The van der Waals surface area contributed by atoms with Crippen molar-refractivity contribution in [1.29, 1.82) is 0 Å². The second-order valence-corrected chi connectivity index (χ2v) is 3.25. The van der Waals surface area contributed by atoms with Gasteiger partial charge in [0.15, 0.2) is 0 Å². The van der Waals surface area contributed by atoms with E-state index in [9.17, 15) is 4.57 Å². The van der Waals surface area contributed by atoms with Gasteiger partial charge in [-0.15, -0.1) is 0 Å². The third-order valence-electron chi connectivity index (χ3n) is 0.550. The summed E-state index contributed by atoms with van der Waals surface area (Å²) in [6.45, 7) is 1.30. The zero-order valence-corrected chi connectivity index (χ0v) is 5.64. The molecule has 0 N–H and O–H groups in total. The minimum Gasteiger partial charge on any atom is -0.371 e. The molecular weight excluding hydrogens is 127 g/mol. The lowest BCUT2D eigenvalue weighted by atomic mass is 11.3.